The maximum Gasteiger partial charge on any atom is 0.215 e. The fraction of sp³-hybridized carbons (Fsp3) is 0.647. The smallest absolute Gasteiger partial charge is 0.215 e. The van der Waals surface area contributed by atoms with Crippen LogP contribution in [0, 0.1) is 5.82 Å². The van der Waals surface area contributed by atoms with Crippen LogP contribution in [0.1, 0.15) is 44.6 Å². The Morgan fingerprint density at radius 3 is 2.88 bits per heavy atom. The number of nitrogens with one attached hydrogen (secondary N) is 1. The lowest BCUT2D eigenvalue weighted by atomic mass is 10.00. The average Bonchev–Trinajstić information content (AvgIpc) is 2.55. The van der Waals surface area contributed by atoms with Crippen molar-refractivity contribution < 1.29 is 12.8 Å². The Balaban J connectivity index is 1.80. The molecule has 2 rings (SSSR count). The highest BCUT2D eigenvalue weighted by Gasteiger charge is 2.21. The highest BCUT2D eigenvalue weighted by molar-refractivity contribution is 7.88. The second kappa shape index (κ2) is 9.13. The number of likely N-dealkylation sites (tertiary alicyclic amines) is 1. The molecule has 1 unspecified atom stereocenters. The van der Waals surface area contributed by atoms with E-state index in [9.17, 15) is 12.8 Å². The SMILES string of the molecule is CCC1CCCCN1CCCNS(=O)(=O)Cc1c(F)cccc1Cl. The predicted molar refractivity (Wildman–Crippen MR) is 96.2 cm³/mol. The van der Waals surface area contributed by atoms with Crippen molar-refractivity contribution in [1.29, 1.82) is 0 Å². The van der Waals surface area contributed by atoms with Crippen LogP contribution >= 0.6 is 11.6 Å². The van der Waals surface area contributed by atoms with E-state index in [-0.39, 0.29) is 10.6 Å². The summed E-state index contributed by atoms with van der Waals surface area (Å²) in [6.07, 6.45) is 5.62. The zero-order valence-electron chi connectivity index (χ0n) is 14.1. The third-order valence-corrected chi connectivity index (χ3v) is 6.23. The molecule has 1 saturated heterocycles. The standard InChI is InChI=1S/C17H26ClFN2O2S/c1-2-14-7-3-4-11-21(14)12-6-10-20-24(22,23)13-15-16(18)8-5-9-17(15)19/h5,8-9,14,20H,2-4,6-7,10-13H2,1H3. The van der Waals surface area contributed by atoms with Crippen LogP contribution in [0.4, 0.5) is 4.39 Å². The molecule has 0 saturated carbocycles. The molecule has 7 heteroatoms. The van der Waals surface area contributed by atoms with Crippen molar-refractivity contribution in [3.63, 3.8) is 0 Å². The van der Waals surface area contributed by atoms with Gasteiger partial charge in [-0.3, -0.25) is 0 Å². The van der Waals surface area contributed by atoms with E-state index >= 15 is 0 Å². The lowest BCUT2D eigenvalue weighted by Gasteiger charge is -2.35. The van der Waals surface area contributed by atoms with Gasteiger partial charge in [0.1, 0.15) is 5.82 Å². The number of hydrogen-bond acceptors (Lipinski definition) is 3. The molecule has 1 fully saturated rings. The zero-order chi connectivity index (χ0) is 17.6. The first-order valence-corrected chi connectivity index (χ1v) is 10.6. The van der Waals surface area contributed by atoms with Crippen molar-refractivity contribution in [2.75, 3.05) is 19.6 Å². The van der Waals surface area contributed by atoms with Gasteiger partial charge in [0, 0.05) is 23.2 Å². The van der Waals surface area contributed by atoms with E-state index < -0.39 is 21.6 Å². The highest BCUT2D eigenvalue weighted by atomic mass is 35.5. The molecule has 0 amide bonds. The summed E-state index contributed by atoms with van der Waals surface area (Å²) in [7, 11) is -3.59. The fourth-order valence-electron chi connectivity index (χ4n) is 3.24. The van der Waals surface area contributed by atoms with E-state index in [1.165, 1.54) is 37.5 Å². The summed E-state index contributed by atoms with van der Waals surface area (Å²) in [5.41, 5.74) is 0.0220. The van der Waals surface area contributed by atoms with Crippen LogP contribution < -0.4 is 4.72 Å². The Kier molecular flexibility index (Phi) is 7.47. The van der Waals surface area contributed by atoms with Crippen LogP contribution in [0.3, 0.4) is 0 Å². The van der Waals surface area contributed by atoms with Gasteiger partial charge in [0.15, 0.2) is 0 Å². The van der Waals surface area contributed by atoms with Gasteiger partial charge in [-0.1, -0.05) is 31.0 Å². The number of piperidine rings is 1. The number of halogens is 2. The summed E-state index contributed by atoms with van der Waals surface area (Å²) < 4.78 is 40.5. The van der Waals surface area contributed by atoms with Crippen molar-refractivity contribution in [3.8, 4) is 0 Å². The number of rotatable bonds is 8. The number of sulfonamides is 1. The molecular formula is C17H26ClFN2O2S. The second-order valence-corrected chi connectivity index (χ2v) is 8.52. The Morgan fingerprint density at radius 2 is 2.17 bits per heavy atom. The van der Waals surface area contributed by atoms with Gasteiger partial charge < -0.3 is 4.90 Å². The van der Waals surface area contributed by atoms with Crippen LogP contribution in [-0.4, -0.2) is 39.0 Å². The van der Waals surface area contributed by atoms with Crippen LogP contribution in [0.15, 0.2) is 18.2 Å². The van der Waals surface area contributed by atoms with Gasteiger partial charge in [-0.15, -0.1) is 0 Å². The highest BCUT2D eigenvalue weighted by Crippen LogP contribution is 2.21. The number of hydrogen-bond donors (Lipinski definition) is 1. The zero-order valence-corrected chi connectivity index (χ0v) is 15.7. The first-order chi connectivity index (χ1) is 11.4. The lowest BCUT2D eigenvalue weighted by molar-refractivity contribution is 0.143. The Morgan fingerprint density at radius 1 is 1.38 bits per heavy atom. The molecular weight excluding hydrogens is 351 g/mol. The molecule has 1 atom stereocenters. The van der Waals surface area contributed by atoms with E-state index in [0.29, 0.717) is 12.6 Å². The Labute approximate surface area is 149 Å². The molecule has 1 aromatic carbocycles. The summed E-state index contributed by atoms with van der Waals surface area (Å²) in [6, 6.07) is 4.80. The van der Waals surface area contributed by atoms with Gasteiger partial charge in [-0.25, -0.2) is 17.5 Å². The first-order valence-electron chi connectivity index (χ1n) is 8.57. The molecule has 1 aliphatic rings. The minimum absolute atomic E-state index is 0.0220. The first kappa shape index (κ1) is 19.6. The normalized spacial score (nSPS) is 19.5. The minimum Gasteiger partial charge on any atom is -0.300 e. The average molecular weight is 377 g/mol. The van der Waals surface area contributed by atoms with Gasteiger partial charge in [0.2, 0.25) is 10.0 Å². The van der Waals surface area contributed by atoms with Crippen molar-refractivity contribution in [2.45, 2.75) is 50.8 Å². The van der Waals surface area contributed by atoms with E-state index in [1.54, 1.807) is 0 Å². The van der Waals surface area contributed by atoms with E-state index in [1.807, 2.05) is 0 Å². The molecule has 0 radical (unpaired) electrons. The van der Waals surface area contributed by atoms with Crippen LogP contribution in [0.25, 0.3) is 0 Å². The molecule has 0 spiro atoms. The molecule has 24 heavy (non-hydrogen) atoms. The Hall–Kier alpha value is -0.690. The third kappa shape index (κ3) is 5.69. The molecule has 1 N–H and O–H groups in total. The lowest BCUT2D eigenvalue weighted by Crippen LogP contribution is -2.40. The van der Waals surface area contributed by atoms with E-state index in [2.05, 4.69) is 16.5 Å². The summed E-state index contributed by atoms with van der Waals surface area (Å²) in [4.78, 5) is 2.45. The Bertz CT molecular complexity index is 619. The monoisotopic (exact) mass is 376 g/mol. The van der Waals surface area contributed by atoms with Gasteiger partial charge in [-0.2, -0.15) is 0 Å². The summed E-state index contributed by atoms with van der Waals surface area (Å²) >= 11 is 5.89. The maximum atomic E-state index is 13.7. The van der Waals surface area contributed by atoms with Gasteiger partial charge in [0.25, 0.3) is 0 Å². The van der Waals surface area contributed by atoms with Crippen molar-refractivity contribution >= 4 is 21.6 Å². The molecule has 4 nitrogen and oxygen atoms in total. The maximum absolute atomic E-state index is 13.7. The van der Waals surface area contributed by atoms with E-state index in [4.69, 9.17) is 11.6 Å². The second-order valence-electron chi connectivity index (χ2n) is 6.30. The molecule has 1 aromatic rings. The molecule has 1 heterocycles. The topological polar surface area (TPSA) is 49.4 Å². The molecule has 1 aliphatic heterocycles. The van der Waals surface area contributed by atoms with Crippen LogP contribution in [0.5, 0.6) is 0 Å². The fourth-order valence-corrected chi connectivity index (χ4v) is 4.78. The third-order valence-electron chi connectivity index (χ3n) is 4.56. The minimum atomic E-state index is -3.59. The van der Waals surface area contributed by atoms with Crippen molar-refractivity contribution in [3.05, 3.63) is 34.6 Å². The predicted octanol–water partition coefficient (Wildman–Crippen LogP) is 3.55. The molecule has 0 aromatic heterocycles. The number of nitrogens with zero attached hydrogens (tertiary/aromatic N) is 1. The van der Waals surface area contributed by atoms with Gasteiger partial charge in [0.05, 0.1) is 5.75 Å². The largest absolute Gasteiger partial charge is 0.300 e. The van der Waals surface area contributed by atoms with Crippen LogP contribution in [0.2, 0.25) is 5.02 Å². The molecule has 136 valence electrons. The summed E-state index contributed by atoms with van der Waals surface area (Å²) in [5, 5.41) is 0.138. The molecule has 0 bridgehead atoms. The van der Waals surface area contributed by atoms with Gasteiger partial charge >= 0.3 is 0 Å². The molecule has 0 aliphatic carbocycles. The summed E-state index contributed by atoms with van der Waals surface area (Å²) in [6.45, 7) is 4.54. The summed E-state index contributed by atoms with van der Waals surface area (Å²) in [5.74, 6) is -1.02. The van der Waals surface area contributed by atoms with Crippen molar-refractivity contribution in [2.24, 2.45) is 0 Å². The van der Waals surface area contributed by atoms with Gasteiger partial charge in [-0.05, 0) is 50.9 Å². The van der Waals surface area contributed by atoms with Crippen molar-refractivity contribution in [1.82, 2.24) is 9.62 Å². The van der Waals surface area contributed by atoms with Crippen LogP contribution in [-0.2, 0) is 15.8 Å². The quantitative estimate of drug-likeness (QED) is 0.706. The number of benzene rings is 1. The van der Waals surface area contributed by atoms with E-state index in [0.717, 1.165) is 25.9 Å².